The number of nitrogens with one attached hydrogen (secondary N) is 1. The van der Waals surface area contributed by atoms with E-state index in [0.29, 0.717) is 49.8 Å². The zero-order valence-electron chi connectivity index (χ0n) is 17.2. The van der Waals surface area contributed by atoms with Crippen molar-refractivity contribution in [1.82, 2.24) is 10.2 Å². The van der Waals surface area contributed by atoms with Gasteiger partial charge in [0.15, 0.2) is 5.76 Å². The molecule has 1 aliphatic heterocycles. The van der Waals surface area contributed by atoms with Crippen molar-refractivity contribution in [3.8, 4) is 0 Å². The lowest BCUT2D eigenvalue weighted by atomic mass is 9.94. The van der Waals surface area contributed by atoms with Crippen LogP contribution >= 0.6 is 0 Å². The first kappa shape index (κ1) is 20.4. The fourth-order valence-corrected chi connectivity index (χ4v) is 3.56. The molecule has 3 rings (SSSR count). The van der Waals surface area contributed by atoms with E-state index in [1.807, 2.05) is 31.2 Å². The van der Waals surface area contributed by atoms with E-state index in [1.54, 1.807) is 12.0 Å². The number of piperidine rings is 1. The Hall–Kier alpha value is -2.34. The molecule has 1 unspecified atom stereocenters. The number of benzene rings is 1. The molecule has 152 valence electrons. The minimum absolute atomic E-state index is 0.0423. The van der Waals surface area contributed by atoms with Crippen molar-refractivity contribution in [2.75, 3.05) is 20.2 Å². The highest BCUT2D eigenvalue weighted by Crippen LogP contribution is 2.29. The zero-order chi connectivity index (χ0) is 20.3. The number of hydrogen-bond donors (Lipinski definition) is 1. The number of methoxy groups -OCH3 is 1. The van der Waals surface area contributed by atoms with Crippen LogP contribution in [0.25, 0.3) is 11.0 Å². The number of fused-ring (bicyclic) bond motifs is 1. The molecule has 2 heterocycles. The van der Waals surface area contributed by atoms with E-state index in [0.717, 1.165) is 10.9 Å². The molecule has 6 nitrogen and oxygen atoms in total. The molecule has 2 aromatic rings. The Morgan fingerprint density at radius 1 is 1.21 bits per heavy atom. The molecule has 0 saturated carbocycles. The van der Waals surface area contributed by atoms with Gasteiger partial charge in [0.25, 0.3) is 5.91 Å². The lowest BCUT2D eigenvalue weighted by molar-refractivity contribution is -0.127. The number of para-hydroxylation sites is 1. The molecule has 0 radical (unpaired) electrons. The van der Waals surface area contributed by atoms with Crippen LogP contribution in [-0.4, -0.2) is 43.0 Å². The molecule has 1 fully saturated rings. The quantitative estimate of drug-likeness (QED) is 0.823. The lowest BCUT2D eigenvalue weighted by Gasteiger charge is -2.32. The first-order chi connectivity index (χ1) is 13.4. The van der Waals surface area contributed by atoms with Gasteiger partial charge in [-0.15, -0.1) is 0 Å². The van der Waals surface area contributed by atoms with Gasteiger partial charge < -0.3 is 19.4 Å². The number of ether oxygens (including phenoxy) is 1. The summed E-state index contributed by atoms with van der Waals surface area (Å²) < 4.78 is 11.2. The average Bonchev–Trinajstić information content (AvgIpc) is 3.06. The third-order valence-corrected chi connectivity index (χ3v) is 5.70. The van der Waals surface area contributed by atoms with Gasteiger partial charge in [-0.05, 0) is 31.7 Å². The third-order valence-electron chi connectivity index (χ3n) is 5.70. The summed E-state index contributed by atoms with van der Waals surface area (Å²) in [4.78, 5) is 27.3. The van der Waals surface area contributed by atoms with Crippen molar-refractivity contribution in [2.45, 2.75) is 46.3 Å². The molecule has 1 aromatic carbocycles. The smallest absolute Gasteiger partial charge is 0.289 e. The normalized spacial score (nSPS) is 16.5. The van der Waals surface area contributed by atoms with E-state index < -0.39 is 0 Å². The number of rotatable bonds is 6. The van der Waals surface area contributed by atoms with Crippen molar-refractivity contribution in [3.63, 3.8) is 0 Å². The molecule has 1 aromatic heterocycles. The molecular formula is C22H30N2O4. The van der Waals surface area contributed by atoms with Gasteiger partial charge in [0.1, 0.15) is 5.58 Å². The summed E-state index contributed by atoms with van der Waals surface area (Å²) in [6, 6.07) is 7.76. The first-order valence-corrected chi connectivity index (χ1v) is 10.0. The molecule has 0 aliphatic carbocycles. The number of amides is 2. The van der Waals surface area contributed by atoms with Crippen LogP contribution in [0.4, 0.5) is 0 Å². The van der Waals surface area contributed by atoms with E-state index in [-0.39, 0.29) is 23.8 Å². The Morgan fingerprint density at radius 3 is 2.54 bits per heavy atom. The summed E-state index contributed by atoms with van der Waals surface area (Å²) in [5, 5.41) is 4.00. The maximum atomic E-state index is 13.1. The summed E-state index contributed by atoms with van der Waals surface area (Å²) in [6.07, 6.45) is 1.34. The summed E-state index contributed by atoms with van der Waals surface area (Å²) >= 11 is 0. The minimum atomic E-state index is -0.127. The van der Waals surface area contributed by atoms with Crippen LogP contribution in [0.1, 0.15) is 49.7 Å². The van der Waals surface area contributed by atoms with E-state index in [4.69, 9.17) is 9.15 Å². The fourth-order valence-electron chi connectivity index (χ4n) is 3.56. The van der Waals surface area contributed by atoms with Crippen LogP contribution in [0.5, 0.6) is 0 Å². The number of carbonyl (C=O) groups excluding carboxylic acids is 2. The predicted molar refractivity (Wildman–Crippen MR) is 108 cm³/mol. The average molecular weight is 386 g/mol. The molecule has 2 amide bonds. The molecule has 1 aliphatic rings. The second kappa shape index (κ2) is 8.78. The highest BCUT2D eigenvalue weighted by atomic mass is 16.5. The number of hydrogen-bond acceptors (Lipinski definition) is 4. The summed E-state index contributed by atoms with van der Waals surface area (Å²) in [5.41, 5.74) is 1.48. The van der Waals surface area contributed by atoms with Crippen LogP contribution < -0.4 is 5.32 Å². The summed E-state index contributed by atoms with van der Waals surface area (Å²) in [5.74, 6) is 0.673. The van der Waals surface area contributed by atoms with Gasteiger partial charge in [-0.25, -0.2) is 0 Å². The summed E-state index contributed by atoms with van der Waals surface area (Å²) in [7, 11) is 1.61. The SMILES string of the molecule is COCc1c(C(=O)N2CCC(C(=O)NC(C)C(C)C)CC2)oc2ccccc12. The topological polar surface area (TPSA) is 71.8 Å². The largest absolute Gasteiger partial charge is 0.451 e. The molecule has 1 atom stereocenters. The Morgan fingerprint density at radius 2 is 1.89 bits per heavy atom. The molecule has 1 saturated heterocycles. The van der Waals surface area contributed by atoms with Crippen LogP contribution in [0.3, 0.4) is 0 Å². The van der Waals surface area contributed by atoms with Gasteiger partial charge in [0, 0.05) is 43.1 Å². The van der Waals surface area contributed by atoms with Gasteiger partial charge in [-0.3, -0.25) is 9.59 Å². The fraction of sp³-hybridized carbons (Fsp3) is 0.545. The maximum Gasteiger partial charge on any atom is 0.289 e. The Kier molecular flexibility index (Phi) is 6.39. The van der Waals surface area contributed by atoms with Gasteiger partial charge in [0.05, 0.1) is 6.61 Å². The minimum Gasteiger partial charge on any atom is -0.451 e. The Labute approximate surface area is 166 Å². The van der Waals surface area contributed by atoms with Gasteiger partial charge in [0.2, 0.25) is 5.91 Å². The molecule has 0 spiro atoms. The van der Waals surface area contributed by atoms with Crippen molar-refractivity contribution < 1.29 is 18.7 Å². The van der Waals surface area contributed by atoms with E-state index >= 15 is 0 Å². The predicted octanol–water partition coefficient (Wildman–Crippen LogP) is 3.59. The Balaban J connectivity index is 1.68. The molecule has 0 bridgehead atoms. The number of furan rings is 1. The molecule has 28 heavy (non-hydrogen) atoms. The van der Waals surface area contributed by atoms with E-state index in [2.05, 4.69) is 19.2 Å². The van der Waals surface area contributed by atoms with E-state index in [1.165, 1.54) is 0 Å². The van der Waals surface area contributed by atoms with Crippen molar-refractivity contribution in [1.29, 1.82) is 0 Å². The second-order valence-electron chi connectivity index (χ2n) is 7.95. The first-order valence-electron chi connectivity index (χ1n) is 10.0. The van der Waals surface area contributed by atoms with Gasteiger partial charge in [-0.2, -0.15) is 0 Å². The maximum absolute atomic E-state index is 13.1. The Bertz CT molecular complexity index is 834. The second-order valence-corrected chi connectivity index (χ2v) is 7.95. The molecule has 1 N–H and O–H groups in total. The van der Waals surface area contributed by atoms with E-state index in [9.17, 15) is 9.59 Å². The molecular weight excluding hydrogens is 356 g/mol. The van der Waals surface area contributed by atoms with Crippen LogP contribution in [0.15, 0.2) is 28.7 Å². The third kappa shape index (κ3) is 4.22. The standard InChI is InChI=1S/C22H30N2O4/c1-14(2)15(3)23-21(25)16-9-11-24(12-10-16)22(26)20-18(13-27-4)17-7-5-6-8-19(17)28-20/h5-8,14-16H,9-13H2,1-4H3,(H,23,25). The van der Waals surface area contributed by atoms with Crippen LogP contribution in [0.2, 0.25) is 0 Å². The number of likely N-dealkylation sites (tertiary alicyclic amines) is 1. The number of nitrogens with zero attached hydrogens (tertiary/aromatic N) is 1. The zero-order valence-corrected chi connectivity index (χ0v) is 17.2. The van der Waals surface area contributed by atoms with Gasteiger partial charge in [-0.1, -0.05) is 32.0 Å². The number of carbonyl (C=O) groups is 2. The van der Waals surface area contributed by atoms with Crippen molar-refractivity contribution in [3.05, 3.63) is 35.6 Å². The molecule has 6 heteroatoms. The highest BCUT2D eigenvalue weighted by Gasteiger charge is 2.31. The highest BCUT2D eigenvalue weighted by molar-refractivity contribution is 5.99. The van der Waals surface area contributed by atoms with Gasteiger partial charge >= 0.3 is 0 Å². The van der Waals surface area contributed by atoms with Crippen LogP contribution in [0, 0.1) is 11.8 Å². The monoisotopic (exact) mass is 386 g/mol. The van der Waals surface area contributed by atoms with Crippen molar-refractivity contribution in [2.24, 2.45) is 11.8 Å². The summed E-state index contributed by atoms with van der Waals surface area (Å²) in [6.45, 7) is 7.64. The van der Waals surface area contributed by atoms with Crippen LogP contribution in [-0.2, 0) is 16.1 Å². The van der Waals surface area contributed by atoms with Crippen molar-refractivity contribution >= 4 is 22.8 Å². The lowest BCUT2D eigenvalue weighted by Crippen LogP contribution is -2.45.